The van der Waals surface area contributed by atoms with E-state index in [9.17, 15) is 14.4 Å². The number of rotatable bonds is 4. The van der Waals surface area contributed by atoms with E-state index in [0.717, 1.165) is 0 Å². The molecule has 1 rings (SSSR count). The Morgan fingerprint density at radius 1 is 1.50 bits per heavy atom. The highest BCUT2D eigenvalue weighted by molar-refractivity contribution is 6.04. The quantitative estimate of drug-likeness (QED) is 0.516. The normalized spacial score (nSPS) is 21.6. The van der Waals surface area contributed by atoms with Gasteiger partial charge in [-0.3, -0.25) is 10.1 Å². The third-order valence-corrected chi connectivity index (χ3v) is 2.14. The Kier molecular flexibility index (Phi) is 3.22. The van der Waals surface area contributed by atoms with E-state index in [1.54, 1.807) is 0 Å². The number of carbonyl (C=O) groups is 3. The molecule has 1 heterocycles. The van der Waals surface area contributed by atoms with Crippen LogP contribution in [0, 0.1) is 5.92 Å². The Morgan fingerprint density at radius 2 is 2.14 bits per heavy atom. The Hall–Kier alpha value is -1.39. The highest BCUT2D eigenvalue weighted by Crippen LogP contribution is 2.15. The fourth-order valence-corrected chi connectivity index (χ4v) is 1.51. The summed E-state index contributed by atoms with van der Waals surface area (Å²) in [5, 5.41) is 2.20. The van der Waals surface area contributed by atoms with Crippen LogP contribution in [0.1, 0.15) is 20.3 Å². The van der Waals surface area contributed by atoms with Crippen LogP contribution in [0.3, 0.4) is 0 Å². The lowest BCUT2D eigenvalue weighted by Gasteiger charge is -2.20. The molecule has 0 aromatic rings. The van der Waals surface area contributed by atoms with Gasteiger partial charge in [-0.25, -0.2) is 4.79 Å². The van der Waals surface area contributed by atoms with Gasteiger partial charge < -0.3 is 9.69 Å². The van der Waals surface area contributed by atoms with Gasteiger partial charge in [0, 0.05) is 0 Å². The lowest BCUT2D eigenvalue weighted by atomic mass is 10.0. The van der Waals surface area contributed by atoms with E-state index in [-0.39, 0.29) is 12.5 Å². The average Bonchev–Trinajstić information content (AvgIpc) is 2.31. The molecule has 0 aliphatic carbocycles. The van der Waals surface area contributed by atoms with Crippen molar-refractivity contribution in [2.75, 3.05) is 6.54 Å². The molecule has 3 amide bonds. The van der Waals surface area contributed by atoms with E-state index in [1.807, 2.05) is 13.8 Å². The highest BCUT2D eigenvalue weighted by Gasteiger charge is 2.37. The molecule has 0 aromatic carbocycles. The first-order valence-electron chi connectivity index (χ1n) is 4.61. The molecule has 1 saturated heterocycles. The van der Waals surface area contributed by atoms with E-state index < -0.39 is 12.1 Å². The van der Waals surface area contributed by atoms with Crippen molar-refractivity contribution < 1.29 is 14.4 Å². The second kappa shape index (κ2) is 4.21. The molecule has 78 valence electrons. The van der Waals surface area contributed by atoms with E-state index in [2.05, 4.69) is 5.32 Å². The summed E-state index contributed by atoms with van der Waals surface area (Å²) in [5.41, 5.74) is 0. The summed E-state index contributed by atoms with van der Waals surface area (Å²) in [6.07, 6.45) is 1.22. The highest BCUT2D eigenvalue weighted by atomic mass is 16.2. The molecule has 5 heteroatoms. The van der Waals surface area contributed by atoms with Crippen molar-refractivity contribution in [1.29, 1.82) is 0 Å². The van der Waals surface area contributed by atoms with Gasteiger partial charge in [-0.2, -0.15) is 0 Å². The Morgan fingerprint density at radius 3 is 2.64 bits per heavy atom. The van der Waals surface area contributed by atoms with Crippen LogP contribution in [-0.4, -0.2) is 35.7 Å². The molecule has 1 aliphatic rings. The lowest BCUT2D eigenvalue weighted by molar-refractivity contribution is -0.122. The molecule has 0 saturated carbocycles. The molecule has 0 aromatic heterocycles. The molecule has 5 nitrogen and oxygen atoms in total. The van der Waals surface area contributed by atoms with Gasteiger partial charge in [-0.15, -0.1) is 0 Å². The topological polar surface area (TPSA) is 66.5 Å². The number of hydrogen-bond acceptors (Lipinski definition) is 3. The Labute approximate surface area is 82.4 Å². The van der Waals surface area contributed by atoms with Crippen LogP contribution in [0.4, 0.5) is 4.79 Å². The van der Waals surface area contributed by atoms with Gasteiger partial charge >= 0.3 is 6.03 Å². The first-order chi connectivity index (χ1) is 6.56. The van der Waals surface area contributed by atoms with Crippen LogP contribution in [0.25, 0.3) is 0 Å². The molecule has 0 spiro atoms. The van der Waals surface area contributed by atoms with Crippen molar-refractivity contribution in [3.8, 4) is 0 Å². The third-order valence-electron chi connectivity index (χ3n) is 2.14. The van der Waals surface area contributed by atoms with Gasteiger partial charge in [-0.05, 0) is 12.3 Å². The van der Waals surface area contributed by atoms with Crippen LogP contribution >= 0.6 is 0 Å². The predicted octanol–water partition coefficient (Wildman–Crippen LogP) is 0.152. The number of nitrogens with one attached hydrogen (secondary N) is 1. The van der Waals surface area contributed by atoms with Crippen LogP contribution in [0.2, 0.25) is 0 Å². The summed E-state index contributed by atoms with van der Waals surface area (Å²) in [5.74, 6) is 0.0105. The summed E-state index contributed by atoms with van der Waals surface area (Å²) >= 11 is 0. The number of imide groups is 1. The summed E-state index contributed by atoms with van der Waals surface area (Å²) in [6, 6.07) is -0.944. The molecule has 1 atom stereocenters. The zero-order valence-electron chi connectivity index (χ0n) is 8.32. The van der Waals surface area contributed by atoms with Crippen molar-refractivity contribution in [3.63, 3.8) is 0 Å². The number of carbonyl (C=O) groups excluding carboxylic acids is 3. The number of aldehydes is 1. The molecular weight excluding hydrogens is 184 g/mol. The molecule has 14 heavy (non-hydrogen) atoms. The maximum Gasteiger partial charge on any atom is 0.325 e. The van der Waals surface area contributed by atoms with E-state index in [1.165, 1.54) is 4.90 Å². The van der Waals surface area contributed by atoms with Gasteiger partial charge in [0.25, 0.3) is 5.91 Å². The molecule has 1 aliphatic heterocycles. The molecular formula is C9H14N2O3. The first-order valence-corrected chi connectivity index (χ1v) is 4.61. The second-order valence-corrected chi connectivity index (χ2v) is 3.76. The lowest BCUT2D eigenvalue weighted by Crippen LogP contribution is -2.37. The maximum atomic E-state index is 11.3. The average molecular weight is 198 g/mol. The van der Waals surface area contributed by atoms with Gasteiger partial charge in [0.05, 0.1) is 6.54 Å². The molecule has 1 unspecified atom stereocenters. The van der Waals surface area contributed by atoms with Crippen molar-refractivity contribution in [2.45, 2.75) is 26.3 Å². The SMILES string of the molecule is CC(C)CC1C(=O)NC(=O)N1CC=O. The number of amides is 3. The monoisotopic (exact) mass is 198 g/mol. The van der Waals surface area contributed by atoms with Crippen molar-refractivity contribution in [3.05, 3.63) is 0 Å². The summed E-state index contributed by atoms with van der Waals surface area (Å²) in [6.45, 7) is 3.92. The minimum Gasteiger partial charge on any atom is -0.305 e. The zero-order valence-corrected chi connectivity index (χ0v) is 8.32. The van der Waals surface area contributed by atoms with E-state index in [0.29, 0.717) is 18.6 Å². The summed E-state index contributed by atoms with van der Waals surface area (Å²) in [7, 11) is 0. The standard InChI is InChI=1S/C9H14N2O3/c1-6(2)5-7-8(13)10-9(14)11(7)3-4-12/h4,6-7H,3,5H2,1-2H3,(H,10,13,14). The van der Waals surface area contributed by atoms with E-state index >= 15 is 0 Å². The van der Waals surface area contributed by atoms with Crippen molar-refractivity contribution >= 4 is 18.2 Å². The van der Waals surface area contributed by atoms with Crippen molar-refractivity contribution in [1.82, 2.24) is 10.2 Å². The zero-order chi connectivity index (χ0) is 10.7. The fourth-order valence-electron chi connectivity index (χ4n) is 1.51. The first kappa shape index (κ1) is 10.7. The third kappa shape index (κ3) is 2.10. The fraction of sp³-hybridized carbons (Fsp3) is 0.667. The van der Waals surface area contributed by atoms with Crippen molar-refractivity contribution in [2.24, 2.45) is 5.92 Å². The molecule has 1 N–H and O–H groups in total. The summed E-state index contributed by atoms with van der Waals surface area (Å²) < 4.78 is 0. The van der Waals surface area contributed by atoms with Crippen LogP contribution in [-0.2, 0) is 9.59 Å². The minimum absolute atomic E-state index is 0.0189. The Bertz CT molecular complexity index is 263. The van der Waals surface area contributed by atoms with Gasteiger partial charge in [0.2, 0.25) is 0 Å². The molecule has 0 bridgehead atoms. The van der Waals surface area contributed by atoms with Gasteiger partial charge in [0.15, 0.2) is 0 Å². The largest absolute Gasteiger partial charge is 0.325 e. The smallest absolute Gasteiger partial charge is 0.305 e. The van der Waals surface area contributed by atoms with E-state index in [4.69, 9.17) is 0 Å². The molecule has 0 radical (unpaired) electrons. The Balaban J connectivity index is 2.72. The summed E-state index contributed by atoms with van der Waals surface area (Å²) in [4.78, 5) is 34.1. The van der Waals surface area contributed by atoms with Crippen LogP contribution in [0.5, 0.6) is 0 Å². The molecule has 1 fully saturated rings. The van der Waals surface area contributed by atoms with Gasteiger partial charge in [0.1, 0.15) is 12.3 Å². The second-order valence-electron chi connectivity index (χ2n) is 3.76. The number of urea groups is 1. The minimum atomic E-state index is -0.479. The number of nitrogens with zero attached hydrogens (tertiary/aromatic N) is 1. The van der Waals surface area contributed by atoms with Crippen LogP contribution < -0.4 is 5.32 Å². The predicted molar refractivity (Wildman–Crippen MR) is 49.6 cm³/mol. The van der Waals surface area contributed by atoms with Crippen LogP contribution in [0.15, 0.2) is 0 Å². The van der Waals surface area contributed by atoms with Gasteiger partial charge in [-0.1, -0.05) is 13.8 Å². The maximum absolute atomic E-state index is 11.3. The number of hydrogen-bond donors (Lipinski definition) is 1.